The summed E-state index contributed by atoms with van der Waals surface area (Å²) in [7, 11) is 1.64. The molecular formula is C19H22N2O4. The van der Waals surface area contributed by atoms with E-state index in [1.807, 2.05) is 29.2 Å². The minimum absolute atomic E-state index is 0.0535. The summed E-state index contributed by atoms with van der Waals surface area (Å²) >= 11 is 0. The van der Waals surface area contributed by atoms with E-state index in [1.165, 1.54) is 12.5 Å². The zero-order valence-electron chi connectivity index (χ0n) is 14.2. The summed E-state index contributed by atoms with van der Waals surface area (Å²) < 4.78 is 10.2. The second-order valence-corrected chi connectivity index (χ2v) is 6.04. The molecule has 2 heterocycles. The Morgan fingerprint density at radius 2 is 2.24 bits per heavy atom. The van der Waals surface area contributed by atoms with Crippen LogP contribution in [-0.2, 0) is 4.79 Å². The lowest BCUT2D eigenvalue weighted by Crippen LogP contribution is -2.34. The van der Waals surface area contributed by atoms with Gasteiger partial charge in [-0.2, -0.15) is 0 Å². The molecule has 1 aliphatic heterocycles. The molecule has 132 valence electrons. The summed E-state index contributed by atoms with van der Waals surface area (Å²) in [6.07, 6.45) is 5.04. The van der Waals surface area contributed by atoms with E-state index in [0.29, 0.717) is 12.1 Å². The van der Waals surface area contributed by atoms with Gasteiger partial charge in [0.25, 0.3) is 5.91 Å². The van der Waals surface area contributed by atoms with Gasteiger partial charge in [-0.3, -0.25) is 9.59 Å². The fraction of sp³-hybridized carbons (Fsp3) is 0.368. The molecule has 6 nitrogen and oxygen atoms in total. The third-order valence-electron chi connectivity index (χ3n) is 4.46. The molecule has 6 heteroatoms. The maximum atomic E-state index is 12.6. The Bertz CT molecular complexity index is 727. The highest BCUT2D eigenvalue weighted by Gasteiger charge is 2.29. The number of methoxy groups -OCH3 is 1. The van der Waals surface area contributed by atoms with Gasteiger partial charge in [0.05, 0.1) is 25.0 Å². The number of furan rings is 1. The van der Waals surface area contributed by atoms with Gasteiger partial charge in [-0.25, -0.2) is 0 Å². The smallest absolute Gasteiger partial charge is 0.254 e. The molecule has 1 aromatic carbocycles. The first kappa shape index (κ1) is 17.1. The number of rotatable bonds is 6. The van der Waals surface area contributed by atoms with Crippen LogP contribution in [-0.4, -0.2) is 36.9 Å². The van der Waals surface area contributed by atoms with Crippen molar-refractivity contribution in [2.24, 2.45) is 0 Å². The van der Waals surface area contributed by atoms with Crippen LogP contribution in [0.3, 0.4) is 0 Å². The molecule has 2 aromatic rings. The Morgan fingerprint density at radius 3 is 3.00 bits per heavy atom. The van der Waals surface area contributed by atoms with Crippen LogP contribution in [0, 0.1) is 0 Å². The van der Waals surface area contributed by atoms with E-state index < -0.39 is 0 Å². The molecule has 1 fully saturated rings. The fourth-order valence-corrected chi connectivity index (χ4v) is 3.18. The molecule has 1 N–H and O–H groups in total. The van der Waals surface area contributed by atoms with Crippen LogP contribution in [0.4, 0.5) is 0 Å². The Morgan fingerprint density at radius 1 is 1.36 bits per heavy atom. The molecule has 3 rings (SSSR count). The lowest BCUT2D eigenvalue weighted by molar-refractivity contribution is -0.132. The van der Waals surface area contributed by atoms with E-state index in [9.17, 15) is 9.59 Å². The summed E-state index contributed by atoms with van der Waals surface area (Å²) in [5.74, 6) is 0.620. The van der Waals surface area contributed by atoms with Crippen molar-refractivity contribution in [1.29, 1.82) is 0 Å². The van der Waals surface area contributed by atoms with Crippen molar-refractivity contribution in [3.8, 4) is 5.75 Å². The monoisotopic (exact) mass is 342 g/mol. The van der Waals surface area contributed by atoms with Crippen molar-refractivity contribution in [3.63, 3.8) is 0 Å². The molecule has 0 aliphatic carbocycles. The van der Waals surface area contributed by atoms with Gasteiger partial charge in [0.15, 0.2) is 0 Å². The fourth-order valence-electron chi connectivity index (χ4n) is 3.18. The van der Waals surface area contributed by atoms with Crippen LogP contribution in [0.15, 0.2) is 47.3 Å². The van der Waals surface area contributed by atoms with E-state index in [-0.39, 0.29) is 24.3 Å². The summed E-state index contributed by atoms with van der Waals surface area (Å²) in [4.78, 5) is 26.3. The molecule has 1 aromatic heterocycles. The lowest BCUT2D eigenvalue weighted by Gasteiger charge is -2.25. The molecular weight excluding hydrogens is 320 g/mol. The zero-order chi connectivity index (χ0) is 17.6. The third kappa shape index (κ3) is 4.02. The molecule has 2 amide bonds. The second kappa shape index (κ2) is 7.88. The molecule has 25 heavy (non-hydrogen) atoms. The highest BCUT2D eigenvalue weighted by Crippen LogP contribution is 2.33. The molecule has 0 spiro atoms. The summed E-state index contributed by atoms with van der Waals surface area (Å²) in [5.41, 5.74) is 1.55. The zero-order valence-corrected chi connectivity index (χ0v) is 14.2. The van der Waals surface area contributed by atoms with E-state index in [0.717, 1.165) is 30.7 Å². The summed E-state index contributed by atoms with van der Waals surface area (Å²) in [6.45, 7) is 1.06. The van der Waals surface area contributed by atoms with Crippen molar-refractivity contribution in [3.05, 3.63) is 54.0 Å². The van der Waals surface area contributed by atoms with E-state index in [1.54, 1.807) is 13.2 Å². The molecule has 0 bridgehead atoms. The Kier molecular flexibility index (Phi) is 5.38. The van der Waals surface area contributed by atoms with Crippen LogP contribution >= 0.6 is 0 Å². The maximum absolute atomic E-state index is 12.6. The van der Waals surface area contributed by atoms with Crippen molar-refractivity contribution in [2.75, 3.05) is 20.2 Å². The molecule has 1 aliphatic rings. The Balaban J connectivity index is 1.56. The van der Waals surface area contributed by atoms with Gasteiger partial charge >= 0.3 is 0 Å². The number of nitrogens with one attached hydrogen (secondary N) is 1. The quantitative estimate of drug-likeness (QED) is 0.876. The normalized spacial score (nSPS) is 16.7. The predicted octanol–water partition coefficient (Wildman–Crippen LogP) is 2.77. The van der Waals surface area contributed by atoms with Crippen molar-refractivity contribution in [1.82, 2.24) is 10.2 Å². The average molecular weight is 342 g/mol. The summed E-state index contributed by atoms with van der Waals surface area (Å²) in [6, 6.07) is 9.52. The number of hydrogen-bond donors (Lipinski definition) is 1. The van der Waals surface area contributed by atoms with Gasteiger partial charge in [0, 0.05) is 19.5 Å². The van der Waals surface area contributed by atoms with Gasteiger partial charge in [-0.1, -0.05) is 12.1 Å². The van der Waals surface area contributed by atoms with Gasteiger partial charge in [-0.05, 0) is 36.6 Å². The first-order valence-electron chi connectivity index (χ1n) is 8.43. The minimum Gasteiger partial charge on any atom is -0.497 e. The first-order chi connectivity index (χ1) is 12.2. The highest BCUT2D eigenvalue weighted by atomic mass is 16.5. The van der Waals surface area contributed by atoms with Gasteiger partial charge in [0.2, 0.25) is 5.91 Å². The average Bonchev–Trinajstić information content (AvgIpc) is 3.33. The largest absolute Gasteiger partial charge is 0.497 e. The standard InChI is InChI=1S/C19H22N2O4/c1-24-16-5-2-4-14(12-16)17-6-3-10-21(17)18(22)7-9-20-19(23)15-8-11-25-13-15/h2,4-5,8,11-13,17H,3,6-7,9-10H2,1H3,(H,20,23). The topological polar surface area (TPSA) is 71.8 Å². The van der Waals surface area contributed by atoms with E-state index in [4.69, 9.17) is 9.15 Å². The van der Waals surface area contributed by atoms with Crippen LogP contribution in [0.5, 0.6) is 5.75 Å². The SMILES string of the molecule is COc1cccc(C2CCCN2C(=O)CCNC(=O)c2ccoc2)c1. The van der Waals surface area contributed by atoms with Gasteiger partial charge in [0.1, 0.15) is 12.0 Å². The van der Waals surface area contributed by atoms with Crippen molar-refractivity contribution >= 4 is 11.8 Å². The number of ether oxygens (including phenoxy) is 1. The van der Waals surface area contributed by atoms with E-state index >= 15 is 0 Å². The van der Waals surface area contributed by atoms with Crippen LogP contribution in [0.2, 0.25) is 0 Å². The number of nitrogens with zero attached hydrogens (tertiary/aromatic N) is 1. The minimum atomic E-state index is -0.229. The van der Waals surface area contributed by atoms with Crippen LogP contribution < -0.4 is 10.1 Å². The van der Waals surface area contributed by atoms with Gasteiger partial charge in [-0.15, -0.1) is 0 Å². The third-order valence-corrected chi connectivity index (χ3v) is 4.46. The molecule has 1 unspecified atom stereocenters. The number of likely N-dealkylation sites (tertiary alicyclic amines) is 1. The highest BCUT2D eigenvalue weighted by molar-refractivity contribution is 5.94. The molecule has 1 saturated heterocycles. The second-order valence-electron chi connectivity index (χ2n) is 6.04. The number of carbonyl (C=O) groups is 2. The van der Waals surface area contributed by atoms with Crippen LogP contribution in [0.1, 0.15) is 41.2 Å². The summed E-state index contributed by atoms with van der Waals surface area (Å²) in [5, 5.41) is 2.75. The number of amides is 2. The molecule has 1 atom stereocenters. The predicted molar refractivity (Wildman–Crippen MR) is 92.3 cm³/mol. The first-order valence-corrected chi connectivity index (χ1v) is 8.43. The van der Waals surface area contributed by atoms with Crippen LogP contribution in [0.25, 0.3) is 0 Å². The lowest BCUT2D eigenvalue weighted by atomic mass is 10.0. The Hall–Kier alpha value is -2.76. The van der Waals surface area contributed by atoms with E-state index in [2.05, 4.69) is 5.32 Å². The molecule has 0 radical (unpaired) electrons. The number of benzene rings is 1. The number of hydrogen-bond acceptors (Lipinski definition) is 4. The van der Waals surface area contributed by atoms with Crippen molar-refractivity contribution < 1.29 is 18.7 Å². The number of carbonyl (C=O) groups excluding carboxylic acids is 2. The van der Waals surface area contributed by atoms with Crippen molar-refractivity contribution in [2.45, 2.75) is 25.3 Å². The maximum Gasteiger partial charge on any atom is 0.254 e. The van der Waals surface area contributed by atoms with Gasteiger partial charge < -0.3 is 19.4 Å². The molecule has 0 saturated carbocycles. The Labute approximate surface area is 146 Å².